The van der Waals surface area contributed by atoms with Crippen LogP contribution in [0.15, 0.2) is 12.1 Å². The van der Waals surface area contributed by atoms with Crippen LogP contribution in [0.25, 0.3) is 0 Å². The molecule has 1 aliphatic rings. The predicted octanol–water partition coefficient (Wildman–Crippen LogP) is 1.73. The summed E-state index contributed by atoms with van der Waals surface area (Å²) >= 11 is 0. The molecule has 6 heteroatoms. The van der Waals surface area contributed by atoms with Gasteiger partial charge in [0.15, 0.2) is 24.0 Å². The average Bonchev–Trinajstić information content (AvgIpc) is 3.19. The zero-order chi connectivity index (χ0) is 14.5. The zero-order valence-corrected chi connectivity index (χ0v) is 11.3. The number of rotatable bonds is 7. The lowest BCUT2D eigenvalue weighted by Crippen LogP contribution is -2.28. The Kier molecular flexibility index (Phi) is 4.89. The molecule has 0 aliphatic heterocycles. The molecule has 0 saturated heterocycles. The maximum Gasteiger partial charge on any atom is 0.257 e. The van der Waals surface area contributed by atoms with Gasteiger partial charge in [0.05, 0.1) is 0 Å². The zero-order valence-electron chi connectivity index (χ0n) is 11.3. The molecule has 0 radical (unpaired) electrons. The summed E-state index contributed by atoms with van der Waals surface area (Å²) in [5.74, 6) is -2.50. The summed E-state index contributed by atoms with van der Waals surface area (Å²) in [7, 11) is 0. The van der Waals surface area contributed by atoms with Crippen LogP contribution >= 0.6 is 0 Å². The Bertz CT molecular complexity index is 467. The number of hydrogen-bond donors (Lipinski definition) is 2. The van der Waals surface area contributed by atoms with Crippen molar-refractivity contribution in [3.63, 3.8) is 0 Å². The van der Waals surface area contributed by atoms with Crippen LogP contribution < -0.4 is 15.4 Å². The van der Waals surface area contributed by atoms with Gasteiger partial charge >= 0.3 is 0 Å². The predicted molar refractivity (Wildman–Crippen MR) is 70.4 cm³/mol. The van der Waals surface area contributed by atoms with Crippen molar-refractivity contribution in [1.82, 2.24) is 10.6 Å². The number of carbonyl (C=O) groups is 1. The number of carbonyl (C=O) groups excluding carboxylic acids is 1. The van der Waals surface area contributed by atoms with Crippen LogP contribution in [-0.4, -0.2) is 25.1 Å². The molecule has 2 rings (SSSR count). The van der Waals surface area contributed by atoms with Gasteiger partial charge in [-0.3, -0.25) is 4.79 Å². The minimum Gasteiger partial charge on any atom is -0.478 e. The quantitative estimate of drug-likeness (QED) is 0.802. The van der Waals surface area contributed by atoms with Gasteiger partial charge in [0.2, 0.25) is 0 Å². The van der Waals surface area contributed by atoms with Crippen molar-refractivity contribution in [2.24, 2.45) is 0 Å². The van der Waals surface area contributed by atoms with Crippen molar-refractivity contribution < 1.29 is 18.3 Å². The van der Waals surface area contributed by atoms with E-state index in [4.69, 9.17) is 4.74 Å². The van der Waals surface area contributed by atoms with E-state index in [2.05, 4.69) is 10.6 Å². The van der Waals surface area contributed by atoms with Crippen LogP contribution in [0.3, 0.4) is 0 Å². The molecule has 1 aliphatic carbocycles. The number of hydrogen-bond acceptors (Lipinski definition) is 3. The summed E-state index contributed by atoms with van der Waals surface area (Å²) in [6, 6.07) is 2.92. The largest absolute Gasteiger partial charge is 0.478 e. The summed E-state index contributed by atoms with van der Waals surface area (Å²) in [4.78, 5) is 11.2. The Morgan fingerprint density at radius 1 is 1.35 bits per heavy atom. The van der Waals surface area contributed by atoms with Crippen LogP contribution in [0.5, 0.6) is 5.75 Å². The Hall–Kier alpha value is -1.69. The van der Waals surface area contributed by atoms with E-state index in [-0.39, 0.29) is 0 Å². The molecule has 0 atom stereocenters. The number of likely N-dealkylation sites (N-methyl/N-ethyl adjacent to an activating group) is 1. The number of amides is 1. The lowest BCUT2D eigenvalue weighted by Gasteiger charge is -2.10. The third-order valence-electron chi connectivity index (χ3n) is 2.95. The maximum atomic E-state index is 13.8. The third-order valence-corrected chi connectivity index (χ3v) is 2.95. The van der Waals surface area contributed by atoms with Gasteiger partial charge in [0.1, 0.15) is 0 Å². The first kappa shape index (κ1) is 14.7. The van der Waals surface area contributed by atoms with Gasteiger partial charge in [-0.25, -0.2) is 8.78 Å². The first-order valence-corrected chi connectivity index (χ1v) is 6.71. The van der Waals surface area contributed by atoms with Gasteiger partial charge in [0.25, 0.3) is 5.91 Å². The minimum atomic E-state index is -0.790. The second-order valence-corrected chi connectivity index (χ2v) is 4.79. The van der Waals surface area contributed by atoms with E-state index in [1.807, 2.05) is 0 Å². The van der Waals surface area contributed by atoms with Gasteiger partial charge in [-0.1, -0.05) is 0 Å². The Balaban J connectivity index is 1.96. The summed E-state index contributed by atoms with van der Waals surface area (Å²) < 4.78 is 32.4. The molecular formula is C14H18F2N2O2. The number of benzene rings is 1. The number of ether oxygens (including phenoxy) is 1. The van der Waals surface area contributed by atoms with E-state index in [0.29, 0.717) is 24.7 Å². The van der Waals surface area contributed by atoms with Crippen LogP contribution in [0.2, 0.25) is 0 Å². The average molecular weight is 284 g/mol. The summed E-state index contributed by atoms with van der Waals surface area (Å²) in [6.07, 6.45) is 2.22. The van der Waals surface area contributed by atoms with Crippen LogP contribution in [0, 0.1) is 11.6 Å². The van der Waals surface area contributed by atoms with E-state index < -0.39 is 29.9 Å². The third kappa shape index (κ3) is 4.16. The normalized spacial score (nSPS) is 14.2. The van der Waals surface area contributed by atoms with Crippen molar-refractivity contribution in [3.05, 3.63) is 29.3 Å². The van der Waals surface area contributed by atoms with Gasteiger partial charge in [-0.15, -0.1) is 0 Å². The SMILES string of the molecule is CCNC(=O)COc1c(F)cc(CNC2CC2)cc1F. The minimum absolute atomic E-state index is 0.401. The highest BCUT2D eigenvalue weighted by atomic mass is 19.1. The van der Waals surface area contributed by atoms with Crippen molar-refractivity contribution in [2.45, 2.75) is 32.4 Å². The molecule has 0 bridgehead atoms. The first-order valence-electron chi connectivity index (χ1n) is 6.71. The fourth-order valence-corrected chi connectivity index (χ4v) is 1.79. The van der Waals surface area contributed by atoms with Crippen molar-refractivity contribution in [2.75, 3.05) is 13.2 Å². The smallest absolute Gasteiger partial charge is 0.257 e. The molecule has 20 heavy (non-hydrogen) atoms. The molecule has 1 amide bonds. The van der Waals surface area contributed by atoms with Gasteiger partial charge in [-0.2, -0.15) is 0 Å². The monoisotopic (exact) mass is 284 g/mol. The Morgan fingerprint density at radius 3 is 2.55 bits per heavy atom. The van der Waals surface area contributed by atoms with E-state index in [0.717, 1.165) is 12.8 Å². The molecule has 110 valence electrons. The second kappa shape index (κ2) is 6.65. The van der Waals surface area contributed by atoms with Crippen LogP contribution in [0.1, 0.15) is 25.3 Å². The molecule has 2 N–H and O–H groups in total. The fourth-order valence-electron chi connectivity index (χ4n) is 1.79. The number of nitrogens with one attached hydrogen (secondary N) is 2. The topological polar surface area (TPSA) is 50.4 Å². The van der Waals surface area contributed by atoms with E-state index in [9.17, 15) is 13.6 Å². The molecule has 1 aromatic rings. The lowest BCUT2D eigenvalue weighted by molar-refractivity contribution is -0.123. The van der Waals surface area contributed by atoms with Crippen molar-refractivity contribution >= 4 is 5.91 Å². The van der Waals surface area contributed by atoms with Crippen LogP contribution in [0.4, 0.5) is 8.78 Å². The lowest BCUT2D eigenvalue weighted by atomic mass is 10.2. The van der Waals surface area contributed by atoms with Gasteiger partial charge < -0.3 is 15.4 Å². The highest BCUT2D eigenvalue weighted by molar-refractivity contribution is 5.77. The molecule has 4 nitrogen and oxygen atoms in total. The highest BCUT2D eigenvalue weighted by Crippen LogP contribution is 2.24. The Labute approximate surface area is 116 Å². The molecule has 0 spiro atoms. The van der Waals surface area contributed by atoms with Gasteiger partial charge in [0, 0.05) is 19.1 Å². The Morgan fingerprint density at radius 2 is 2.00 bits per heavy atom. The summed E-state index contributed by atoms with van der Waals surface area (Å²) in [6.45, 7) is 2.22. The molecule has 0 unspecified atom stereocenters. The summed E-state index contributed by atoms with van der Waals surface area (Å²) in [5, 5.41) is 5.66. The molecule has 0 aromatic heterocycles. The van der Waals surface area contributed by atoms with E-state index in [1.54, 1.807) is 6.92 Å². The van der Waals surface area contributed by atoms with Gasteiger partial charge in [-0.05, 0) is 37.5 Å². The molecule has 1 saturated carbocycles. The number of halogens is 2. The summed E-state index contributed by atoms with van der Waals surface area (Å²) in [5.41, 5.74) is 0.525. The molecule has 1 fully saturated rings. The molecular weight excluding hydrogens is 266 g/mol. The van der Waals surface area contributed by atoms with Crippen LogP contribution in [-0.2, 0) is 11.3 Å². The van der Waals surface area contributed by atoms with Crippen molar-refractivity contribution in [3.8, 4) is 5.75 Å². The first-order chi connectivity index (χ1) is 9.60. The highest BCUT2D eigenvalue weighted by Gasteiger charge is 2.21. The van der Waals surface area contributed by atoms with E-state index in [1.165, 1.54) is 12.1 Å². The van der Waals surface area contributed by atoms with E-state index >= 15 is 0 Å². The van der Waals surface area contributed by atoms with Crippen molar-refractivity contribution in [1.29, 1.82) is 0 Å². The second-order valence-electron chi connectivity index (χ2n) is 4.79. The standard InChI is InChI=1S/C14H18F2N2O2/c1-2-17-13(19)8-20-14-11(15)5-9(6-12(14)16)7-18-10-3-4-10/h5-6,10,18H,2-4,7-8H2,1H3,(H,17,19). The molecule has 0 heterocycles. The molecule has 1 aromatic carbocycles. The maximum absolute atomic E-state index is 13.8. The fraction of sp³-hybridized carbons (Fsp3) is 0.500.